The lowest BCUT2D eigenvalue weighted by Crippen LogP contribution is -2.51. The number of amides is 2. The van der Waals surface area contributed by atoms with Gasteiger partial charge in [-0.15, -0.1) is 0 Å². The number of hydrogen-bond donors (Lipinski definition) is 4. The zero-order valence-electron chi connectivity index (χ0n) is 15.7. The van der Waals surface area contributed by atoms with Crippen LogP contribution in [0.5, 0.6) is 0 Å². The molecule has 1 saturated heterocycles. The molecule has 0 spiro atoms. The third-order valence-electron chi connectivity index (χ3n) is 4.33. The molecule has 4 N–H and O–H groups in total. The van der Waals surface area contributed by atoms with Gasteiger partial charge in [-0.1, -0.05) is 18.2 Å². The predicted octanol–water partition coefficient (Wildman–Crippen LogP) is 0.971. The maximum absolute atomic E-state index is 12.5. The van der Waals surface area contributed by atoms with Crippen molar-refractivity contribution in [3.63, 3.8) is 0 Å². The van der Waals surface area contributed by atoms with Crippen molar-refractivity contribution < 1.29 is 23.1 Å². The van der Waals surface area contributed by atoms with Gasteiger partial charge in [-0.25, -0.2) is 17.9 Å². The molecule has 0 aliphatic carbocycles. The van der Waals surface area contributed by atoms with E-state index < -0.39 is 22.2 Å². The molecule has 1 aromatic rings. The summed E-state index contributed by atoms with van der Waals surface area (Å²) < 4.78 is 33.4. The Hall–Kier alpha value is -1.68. The number of ether oxygens (including phenoxy) is 1. The fourth-order valence-electron chi connectivity index (χ4n) is 3.01. The zero-order valence-corrected chi connectivity index (χ0v) is 16.5. The van der Waals surface area contributed by atoms with Gasteiger partial charge in [0.15, 0.2) is 0 Å². The molecule has 1 aromatic carbocycles. The van der Waals surface area contributed by atoms with Crippen LogP contribution in [0.1, 0.15) is 33.1 Å². The van der Waals surface area contributed by atoms with Crippen LogP contribution in [0, 0.1) is 0 Å². The van der Waals surface area contributed by atoms with E-state index in [4.69, 9.17) is 4.74 Å². The molecule has 27 heavy (non-hydrogen) atoms. The van der Waals surface area contributed by atoms with Gasteiger partial charge >= 0.3 is 6.03 Å². The van der Waals surface area contributed by atoms with Gasteiger partial charge in [0.1, 0.15) is 0 Å². The van der Waals surface area contributed by atoms with Crippen LogP contribution in [0.25, 0.3) is 0 Å². The third kappa shape index (κ3) is 6.76. The Bertz CT molecular complexity index is 696. The summed E-state index contributed by atoms with van der Waals surface area (Å²) in [6.07, 6.45) is 1.04. The van der Waals surface area contributed by atoms with E-state index in [9.17, 15) is 18.3 Å². The highest BCUT2D eigenvalue weighted by Gasteiger charge is 2.33. The molecular formula is C18H29N3O5S. The van der Waals surface area contributed by atoms with Gasteiger partial charge in [0.05, 0.1) is 29.8 Å². The van der Waals surface area contributed by atoms with Crippen LogP contribution in [0.3, 0.4) is 0 Å². The number of carbonyl (C=O) groups excluding carboxylic acids is 1. The number of carbonyl (C=O) groups is 1. The Balaban J connectivity index is 1.85. The summed E-state index contributed by atoms with van der Waals surface area (Å²) in [5.41, 5.74) is 0. The predicted molar refractivity (Wildman–Crippen MR) is 102 cm³/mol. The van der Waals surface area contributed by atoms with Crippen LogP contribution in [0.15, 0.2) is 35.2 Å². The first-order chi connectivity index (χ1) is 12.8. The number of sulfonamides is 1. The maximum Gasteiger partial charge on any atom is 0.314 e. The molecular weight excluding hydrogens is 370 g/mol. The molecule has 8 nitrogen and oxygen atoms in total. The molecule has 9 heteroatoms. The van der Waals surface area contributed by atoms with E-state index in [1.807, 2.05) is 13.8 Å². The molecule has 152 valence electrons. The number of nitrogens with one attached hydrogen (secondary N) is 3. The van der Waals surface area contributed by atoms with Crippen molar-refractivity contribution in [2.75, 3.05) is 13.2 Å². The Morgan fingerprint density at radius 1 is 1.26 bits per heavy atom. The molecule has 2 rings (SSSR count). The molecule has 1 fully saturated rings. The van der Waals surface area contributed by atoms with Crippen molar-refractivity contribution in [2.45, 2.75) is 62.3 Å². The molecule has 1 aliphatic heterocycles. The molecule has 3 atom stereocenters. The Kier molecular flexibility index (Phi) is 8.03. The summed E-state index contributed by atoms with van der Waals surface area (Å²) in [6, 6.07) is 7.46. The SMILES string of the molecule is CC(C)NC(=O)NCC[C@H]1CC[C@H](NS(=O)(=O)c2ccccc2)[C@H](CO)O1. The standard InChI is InChI=1S/C18H29N3O5S/c1-13(2)20-18(23)19-11-10-14-8-9-16(17(12-22)26-14)21-27(24,25)15-6-4-3-5-7-15/h3-7,13-14,16-17,21-22H,8-12H2,1-2H3,(H2,19,20,23)/t14-,16+,17+/m1/s1. The van der Waals surface area contributed by atoms with Gasteiger partial charge in [0.2, 0.25) is 10.0 Å². The largest absolute Gasteiger partial charge is 0.394 e. The summed E-state index contributed by atoms with van der Waals surface area (Å²) >= 11 is 0. The Morgan fingerprint density at radius 2 is 1.96 bits per heavy atom. The highest BCUT2D eigenvalue weighted by molar-refractivity contribution is 7.89. The fraction of sp³-hybridized carbons (Fsp3) is 0.611. The summed E-state index contributed by atoms with van der Waals surface area (Å²) in [4.78, 5) is 11.8. The van der Waals surface area contributed by atoms with Crippen molar-refractivity contribution >= 4 is 16.1 Å². The fourth-order valence-corrected chi connectivity index (χ4v) is 4.33. The van der Waals surface area contributed by atoms with Crippen molar-refractivity contribution in [1.82, 2.24) is 15.4 Å². The van der Waals surface area contributed by atoms with E-state index in [1.54, 1.807) is 18.2 Å². The van der Waals surface area contributed by atoms with Crippen LogP contribution in [-0.4, -0.2) is 57.0 Å². The van der Waals surface area contributed by atoms with Crippen LogP contribution in [0.4, 0.5) is 4.79 Å². The van der Waals surface area contributed by atoms with E-state index in [0.717, 1.165) is 0 Å². The van der Waals surface area contributed by atoms with Gasteiger partial charge in [-0.2, -0.15) is 0 Å². The van der Waals surface area contributed by atoms with E-state index in [-0.39, 0.29) is 29.7 Å². The molecule has 0 bridgehead atoms. The summed E-state index contributed by atoms with van der Waals surface area (Å²) in [6.45, 7) is 3.93. The van der Waals surface area contributed by atoms with Crippen molar-refractivity contribution in [3.8, 4) is 0 Å². The minimum absolute atomic E-state index is 0.0631. The van der Waals surface area contributed by atoms with E-state index in [1.165, 1.54) is 12.1 Å². The number of urea groups is 1. The van der Waals surface area contributed by atoms with Crippen molar-refractivity contribution in [3.05, 3.63) is 30.3 Å². The number of benzene rings is 1. The van der Waals surface area contributed by atoms with Crippen molar-refractivity contribution in [2.24, 2.45) is 0 Å². The van der Waals surface area contributed by atoms with Gasteiger partial charge in [0, 0.05) is 12.6 Å². The van der Waals surface area contributed by atoms with E-state index in [2.05, 4.69) is 15.4 Å². The second-order valence-electron chi connectivity index (χ2n) is 6.94. The first-order valence-electron chi connectivity index (χ1n) is 9.20. The first kappa shape index (κ1) is 21.6. The Morgan fingerprint density at radius 3 is 2.59 bits per heavy atom. The lowest BCUT2D eigenvalue weighted by atomic mass is 9.98. The van der Waals surface area contributed by atoms with E-state index >= 15 is 0 Å². The molecule has 1 heterocycles. The number of aliphatic hydroxyl groups excluding tert-OH is 1. The lowest BCUT2D eigenvalue weighted by Gasteiger charge is -2.36. The lowest BCUT2D eigenvalue weighted by molar-refractivity contribution is -0.0871. The topological polar surface area (TPSA) is 117 Å². The van der Waals surface area contributed by atoms with Gasteiger partial charge in [-0.3, -0.25) is 0 Å². The zero-order chi connectivity index (χ0) is 19.9. The minimum Gasteiger partial charge on any atom is -0.394 e. The smallest absolute Gasteiger partial charge is 0.314 e. The molecule has 0 radical (unpaired) electrons. The van der Waals surface area contributed by atoms with Gasteiger partial charge in [-0.05, 0) is 45.2 Å². The highest BCUT2D eigenvalue weighted by Crippen LogP contribution is 2.23. The molecule has 0 saturated carbocycles. The second kappa shape index (κ2) is 10.0. The molecule has 2 amide bonds. The highest BCUT2D eigenvalue weighted by atomic mass is 32.2. The maximum atomic E-state index is 12.5. The van der Waals surface area contributed by atoms with Crippen molar-refractivity contribution in [1.29, 1.82) is 0 Å². The van der Waals surface area contributed by atoms with Crippen LogP contribution >= 0.6 is 0 Å². The van der Waals surface area contributed by atoms with E-state index in [0.29, 0.717) is 25.8 Å². The Labute approximate surface area is 160 Å². The number of rotatable bonds is 8. The van der Waals surface area contributed by atoms with Crippen LogP contribution in [-0.2, 0) is 14.8 Å². The molecule has 1 aliphatic rings. The molecule has 0 unspecified atom stereocenters. The second-order valence-corrected chi connectivity index (χ2v) is 8.65. The van der Waals surface area contributed by atoms with Crippen LogP contribution in [0.2, 0.25) is 0 Å². The normalized spacial score (nSPS) is 23.2. The average Bonchev–Trinajstić information content (AvgIpc) is 2.62. The summed E-state index contributed by atoms with van der Waals surface area (Å²) in [5.74, 6) is 0. The number of aliphatic hydroxyl groups is 1. The monoisotopic (exact) mass is 399 g/mol. The third-order valence-corrected chi connectivity index (χ3v) is 5.83. The first-order valence-corrected chi connectivity index (χ1v) is 10.7. The quantitative estimate of drug-likeness (QED) is 0.520. The van der Waals surface area contributed by atoms with Gasteiger partial charge < -0.3 is 20.5 Å². The number of hydrogen-bond acceptors (Lipinski definition) is 5. The minimum atomic E-state index is -3.67. The summed E-state index contributed by atoms with van der Waals surface area (Å²) in [5, 5.41) is 15.1. The molecule has 0 aromatic heterocycles. The van der Waals surface area contributed by atoms with Gasteiger partial charge in [0.25, 0.3) is 0 Å². The van der Waals surface area contributed by atoms with Crippen LogP contribution < -0.4 is 15.4 Å². The average molecular weight is 400 g/mol. The summed E-state index contributed by atoms with van der Waals surface area (Å²) in [7, 11) is -3.67.